The lowest BCUT2D eigenvalue weighted by molar-refractivity contribution is 0.306. The van der Waals surface area contributed by atoms with Crippen LogP contribution in [0, 0.1) is 0 Å². The molecule has 0 saturated heterocycles. The SMILES string of the molecule is CC(C)(C)n1cccn1.CC(C)(C)n1ccnc1.CC(C)(C)n1cncn1.CC(C)(C)n1cnnn1.CC(C)(C)n1ncnn1. The van der Waals surface area contributed by atoms with Crippen molar-refractivity contribution in [2.24, 2.45) is 0 Å². The van der Waals surface area contributed by atoms with Gasteiger partial charge in [0, 0.05) is 30.3 Å². The summed E-state index contributed by atoms with van der Waals surface area (Å²) in [4.78, 5) is 9.37. The Bertz CT molecular complexity index is 1110. The molecule has 0 radical (unpaired) electrons. The Balaban J connectivity index is 0.000000281. The van der Waals surface area contributed by atoms with E-state index in [1.54, 1.807) is 40.9 Å². The number of aromatic nitrogens is 15. The zero-order valence-corrected chi connectivity index (χ0v) is 30.0. The summed E-state index contributed by atoms with van der Waals surface area (Å²) in [6.45, 7) is 31.3. The van der Waals surface area contributed by atoms with Crippen LogP contribution in [0.1, 0.15) is 104 Å². The van der Waals surface area contributed by atoms with Crippen LogP contribution in [0.5, 0.6) is 0 Å². The lowest BCUT2D eigenvalue weighted by Gasteiger charge is -2.19. The summed E-state index contributed by atoms with van der Waals surface area (Å²) < 4.78 is 7.56. The van der Waals surface area contributed by atoms with Crippen LogP contribution < -0.4 is 0 Å². The molecule has 0 spiro atoms. The monoisotopic (exact) mass is 625 g/mol. The first-order valence-electron chi connectivity index (χ1n) is 14.8. The van der Waals surface area contributed by atoms with Gasteiger partial charge in [-0.1, -0.05) is 0 Å². The zero-order valence-electron chi connectivity index (χ0n) is 30.0. The minimum absolute atomic E-state index is 0.00347. The number of imidazole rings is 1. The number of nitrogens with zero attached hydrogens (tertiary/aromatic N) is 15. The van der Waals surface area contributed by atoms with E-state index in [9.17, 15) is 0 Å². The average Bonchev–Trinajstić information content (AvgIpc) is 3.75. The highest BCUT2D eigenvalue weighted by Gasteiger charge is 2.15. The molecule has 0 atom stereocenters. The molecule has 5 heterocycles. The molecular formula is C30H55N15. The Morgan fingerprint density at radius 3 is 1.29 bits per heavy atom. The maximum absolute atomic E-state index is 4.10. The van der Waals surface area contributed by atoms with Gasteiger partial charge in [0.15, 0.2) is 6.33 Å². The Hall–Kier alpha value is -4.30. The fraction of sp³-hybridized carbons (Fsp3) is 0.667. The van der Waals surface area contributed by atoms with Crippen molar-refractivity contribution in [2.45, 2.75) is 132 Å². The van der Waals surface area contributed by atoms with Crippen molar-refractivity contribution in [3.63, 3.8) is 0 Å². The molecule has 0 unspecified atom stereocenters. The fourth-order valence-corrected chi connectivity index (χ4v) is 2.82. The molecule has 15 nitrogen and oxygen atoms in total. The predicted octanol–water partition coefficient (Wildman–Crippen LogP) is 5.17. The van der Waals surface area contributed by atoms with E-state index in [-0.39, 0.29) is 27.7 Å². The van der Waals surface area contributed by atoms with Gasteiger partial charge in [-0.2, -0.15) is 15.0 Å². The quantitative estimate of drug-likeness (QED) is 0.225. The average molecular weight is 626 g/mol. The molecule has 0 aromatic carbocycles. The van der Waals surface area contributed by atoms with Crippen LogP contribution in [0.25, 0.3) is 0 Å². The largest absolute Gasteiger partial charge is 0.332 e. The van der Waals surface area contributed by atoms with Gasteiger partial charge in [0.25, 0.3) is 0 Å². The first-order chi connectivity index (χ1) is 20.5. The van der Waals surface area contributed by atoms with E-state index in [0.717, 1.165) is 0 Å². The highest BCUT2D eigenvalue weighted by atomic mass is 15.6. The summed E-state index contributed by atoms with van der Waals surface area (Å²) in [5.74, 6) is 0. The Labute approximate surface area is 268 Å². The summed E-state index contributed by atoms with van der Waals surface area (Å²) >= 11 is 0. The van der Waals surface area contributed by atoms with E-state index in [2.05, 4.69) is 118 Å². The van der Waals surface area contributed by atoms with Gasteiger partial charge in [-0.15, -0.1) is 15.3 Å². The van der Waals surface area contributed by atoms with Gasteiger partial charge in [-0.3, -0.25) is 4.68 Å². The first kappa shape index (κ1) is 38.7. The van der Waals surface area contributed by atoms with Crippen LogP contribution in [0.4, 0.5) is 0 Å². The highest BCUT2D eigenvalue weighted by molar-refractivity contribution is 4.84. The Kier molecular flexibility index (Phi) is 13.9. The molecule has 0 saturated carbocycles. The van der Waals surface area contributed by atoms with Crippen molar-refractivity contribution < 1.29 is 0 Å². The van der Waals surface area contributed by atoms with Crippen LogP contribution >= 0.6 is 0 Å². The normalized spacial score (nSPS) is 11.9. The Morgan fingerprint density at radius 2 is 1.07 bits per heavy atom. The van der Waals surface area contributed by atoms with E-state index in [1.807, 2.05) is 75.7 Å². The topological polar surface area (TPSA) is 154 Å². The van der Waals surface area contributed by atoms with E-state index >= 15 is 0 Å². The second-order valence-electron chi connectivity index (χ2n) is 15.1. The molecule has 0 aliphatic carbocycles. The van der Waals surface area contributed by atoms with E-state index in [4.69, 9.17) is 0 Å². The molecule has 0 aliphatic heterocycles. The lowest BCUT2D eigenvalue weighted by atomic mass is 10.1. The van der Waals surface area contributed by atoms with Crippen LogP contribution in [0.3, 0.4) is 0 Å². The maximum atomic E-state index is 4.10. The third-order valence-corrected chi connectivity index (χ3v) is 5.56. The molecule has 5 rings (SSSR count). The molecule has 0 fully saturated rings. The summed E-state index contributed by atoms with van der Waals surface area (Å²) in [5.41, 5.74) is 0.330. The standard InChI is InChI=1S/2C7H12N2.C6H11N3.2C5H10N4/c1-7(2,3)9-5-4-8-6-9;1-7(2,3)9-6-4-5-8-9;1-6(2,3)9-5-7-4-8-9;1-5(2,3)9-4-6-7-8-9;1-5(2,3)9-7-4-6-8-9/h2*4-6H,1-3H3;4-5H,1-3H3;2*4H,1-3H3. The van der Waals surface area contributed by atoms with Gasteiger partial charge in [-0.25, -0.2) is 19.3 Å². The number of hydrogen-bond donors (Lipinski definition) is 0. The van der Waals surface area contributed by atoms with Crippen molar-refractivity contribution in [2.75, 3.05) is 0 Å². The first-order valence-corrected chi connectivity index (χ1v) is 14.8. The smallest absolute Gasteiger partial charge is 0.162 e. The van der Waals surface area contributed by atoms with Crippen LogP contribution in [-0.4, -0.2) is 74.5 Å². The van der Waals surface area contributed by atoms with Crippen LogP contribution in [0.15, 0.2) is 62.5 Å². The van der Waals surface area contributed by atoms with Gasteiger partial charge in [0.1, 0.15) is 19.0 Å². The molecule has 250 valence electrons. The molecule has 45 heavy (non-hydrogen) atoms. The van der Waals surface area contributed by atoms with Crippen molar-refractivity contribution in [1.82, 2.24) is 74.5 Å². The summed E-state index contributed by atoms with van der Waals surface area (Å²) in [6, 6.07) is 1.94. The van der Waals surface area contributed by atoms with Gasteiger partial charge in [-0.05, 0) is 126 Å². The van der Waals surface area contributed by atoms with E-state index in [0.29, 0.717) is 0 Å². The molecule has 15 heteroatoms. The second-order valence-corrected chi connectivity index (χ2v) is 15.1. The fourth-order valence-electron chi connectivity index (χ4n) is 2.82. The van der Waals surface area contributed by atoms with Crippen LogP contribution in [0.2, 0.25) is 0 Å². The van der Waals surface area contributed by atoms with Gasteiger partial charge < -0.3 is 4.57 Å². The predicted molar refractivity (Wildman–Crippen MR) is 175 cm³/mol. The second kappa shape index (κ2) is 16.1. The van der Waals surface area contributed by atoms with Gasteiger partial charge in [0.05, 0.1) is 28.5 Å². The number of hydrogen-bond acceptors (Lipinski definition) is 10. The third kappa shape index (κ3) is 15.3. The van der Waals surface area contributed by atoms with Crippen molar-refractivity contribution in [3.05, 3.63) is 62.5 Å². The van der Waals surface area contributed by atoms with Gasteiger partial charge in [0.2, 0.25) is 0 Å². The molecule has 0 aliphatic rings. The molecule has 0 N–H and O–H groups in total. The molecular weight excluding hydrogens is 570 g/mol. The number of tetrazole rings is 2. The lowest BCUT2D eigenvalue weighted by Crippen LogP contribution is -2.24. The molecule has 0 bridgehead atoms. The van der Waals surface area contributed by atoms with E-state index < -0.39 is 0 Å². The van der Waals surface area contributed by atoms with Crippen molar-refractivity contribution in [1.29, 1.82) is 0 Å². The highest BCUT2D eigenvalue weighted by Crippen LogP contribution is 2.12. The number of rotatable bonds is 0. The molecule has 0 amide bonds. The summed E-state index contributed by atoms with van der Waals surface area (Å²) in [6.07, 6.45) is 15.7. The van der Waals surface area contributed by atoms with Crippen LogP contribution in [-0.2, 0) is 27.7 Å². The molecule has 5 aromatic heterocycles. The summed E-state index contributed by atoms with van der Waals surface area (Å²) in [5, 5.41) is 30.1. The van der Waals surface area contributed by atoms with Crippen molar-refractivity contribution in [3.8, 4) is 0 Å². The third-order valence-electron chi connectivity index (χ3n) is 5.56. The summed E-state index contributed by atoms with van der Waals surface area (Å²) in [7, 11) is 0. The van der Waals surface area contributed by atoms with Crippen molar-refractivity contribution >= 4 is 0 Å². The Morgan fingerprint density at radius 1 is 0.444 bits per heavy atom. The minimum atomic E-state index is -0.0451. The van der Waals surface area contributed by atoms with Gasteiger partial charge >= 0.3 is 0 Å². The van der Waals surface area contributed by atoms with E-state index in [1.165, 1.54) is 6.33 Å². The zero-order chi connectivity index (χ0) is 34.5. The maximum Gasteiger partial charge on any atom is 0.162 e. The minimum Gasteiger partial charge on any atom is -0.332 e. The molecule has 5 aromatic rings.